The first-order chi connectivity index (χ1) is 12.0. The Bertz CT molecular complexity index is 781. The van der Waals surface area contributed by atoms with Gasteiger partial charge in [-0.1, -0.05) is 18.2 Å². The van der Waals surface area contributed by atoms with Gasteiger partial charge in [0.2, 0.25) is 11.8 Å². The van der Waals surface area contributed by atoms with Crippen LogP contribution in [0.3, 0.4) is 0 Å². The van der Waals surface area contributed by atoms with Crippen molar-refractivity contribution in [1.82, 2.24) is 15.1 Å². The third-order valence-electron chi connectivity index (χ3n) is 4.27. The van der Waals surface area contributed by atoms with Gasteiger partial charge in [0.1, 0.15) is 17.9 Å². The summed E-state index contributed by atoms with van der Waals surface area (Å²) in [5, 5.41) is 3.88. The molecule has 1 aromatic heterocycles. The number of rotatable bonds is 6. The normalized spacial score (nSPS) is 15.9. The zero-order chi connectivity index (χ0) is 18.0. The summed E-state index contributed by atoms with van der Waals surface area (Å²) in [5.74, 6) is 0.338. The standard InChI is InChI=1S/C18H21N3O4/c1-12(15-10-13-6-3-4-7-14(13)25-15)19-16(22)8-5-9-21-17(23)11-20(2)18(21)24/h3-4,6-7,10,12H,5,8-9,11H2,1-2H3,(H,19,22)/t12-/m0/s1. The lowest BCUT2D eigenvalue weighted by atomic mass is 10.2. The summed E-state index contributed by atoms with van der Waals surface area (Å²) in [4.78, 5) is 38.1. The number of fused-ring (bicyclic) bond motifs is 1. The fraction of sp³-hybridized carbons (Fsp3) is 0.389. The van der Waals surface area contributed by atoms with Crippen LogP contribution in [0, 0.1) is 0 Å². The molecule has 3 rings (SSSR count). The first kappa shape index (κ1) is 17.0. The molecule has 7 heteroatoms. The molecule has 132 valence electrons. The molecule has 2 heterocycles. The Morgan fingerprint density at radius 3 is 2.76 bits per heavy atom. The zero-order valence-electron chi connectivity index (χ0n) is 14.3. The summed E-state index contributed by atoms with van der Waals surface area (Å²) in [5.41, 5.74) is 0.786. The van der Waals surface area contributed by atoms with Crippen molar-refractivity contribution < 1.29 is 18.8 Å². The maximum absolute atomic E-state index is 12.1. The van der Waals surface area contributed by atoms with E-state index in [1.807, 2.05) is 37.3 Å². The van der Waals surface area contributed by atoms with Gasteiger partial charge in [-0.15, -0.1) is 0 Å². The Balaban J connectivity index is 1.49. The fourth-order valence-corrected chi connectivity index (χ4v) is 2.89. The number of furan rings is 1. The Labute approximate surface area is 145 Å². The van der Waals surface area contributed by atoms with E-state index in [2.05, 4.69) is 5.32 Å². The monoisotopic (exact) mass is 343 g/mol. The van der Waals surface area contributed by atoms with Crippen molar-refractivity contribution in [2.24, 2.45) is 0 Å². The highest BCUT2D eigenvalue weighted by Crippen LogP contribution is 2.23. The molecule has 25 heavy (non-hydrogen) atoms. The lowest BCUT2D eigenvalue weighted by molar-refractivity contribution is -0.126. The van der Waals surface area contributed by atoms with E-state index in [0.29, 0.717) is 12.2 Å². The van der Waals surface area contributed by atoms with Crippen LogP contribution < -0.4 is 5.32 Å². The van der Waals surface area contributed by atoms with Crippen LogP contribution in [-0.2, 0) is 9.59 Å². The van der Waals surface area contributed by atoms with E-state index in [0.717, 1.165) is 11.0 Å². The van der Waals surface area contributed by atoms with Gasteiger partial charge in [0.15, 0.2) is 0 Å². The van der Waals surface area contributed by atoms with E-state index >= 15 is 0 Å². The van der Waals surface area contributed by atoms with Gasteiger partial charge >= 0.3 is 6.03 Å². The Kier molecular flexibility index (Phi) is 4.74. The first-order valence-electron chi connectivity index (χ1n) is 8.29. The smallest absolute Gasteiger partial charge is 0.326 e. The van der Waals surface area contributed by atoms with Crippen LogP contribution in [0.1, 0.15) is 31.6 Å². The highest BCUT2D eigenvalue weighted by atomic mass is 16.3. The Morgan fingerprint density at radius 1 is 1.32 bits per heavy atom. The number of imide groups is 1. The first-order valence-corrected chi connectivity index (χ1v) is 8.29. The molecule has 1 N–H and O–H groups in total. The number of likely N-dealkylation sites (N-methyl/N-ethyl adjacent to an activating group) is 1. The topological polar surface area (TPSA) is 82.9 Å². The lowest BCUT2D eigenvalue weighted by Gasteiger charge is -2.15. The molecule has 2 aromatic rings. The number of benzene rings is 1. The van der Waals surface area contributed by atoms with Gasteiger partial charge < -0.3 is 14.6 Å². The second kappa shape index (κ2) is 6.96. The van der Waals surface area contributed by atoms with Gasteiger partial charge in [-0.3, -0.25) is 14.5 Å². The number of carbonyl (C=O) groups is 3. The second-order valence-electron chi connectivity index (χ2n) is 6.26. The number of nitrogens with zero attached hydrogens (tertiary/aromatic N) is 2. The van der Waals surface area contributed by atoms with E-state index in [4.69, 9.17) is 4.42 Å². The molecule has 0 unspecified atom stereocenters. The average molecular weight is 343 g/mol. The van der Waals surface area contributed by atoms with E-state index in [1.54, 1.807) is 7.05 Å². The summed E-state index contributed by atoms with van der Waals surface area (Å²) in [6, 6.07) is 9.03. The van der Waals surface area contributed by atoms with Crippen LogP contribution in [0.15, 0.2) is 34.7 Å². The Morgan fingerprint density at radius 2 is 2.08 bits per heavy atom. The van der Waals surface area contributed by atoms with Crippen molar-refractivity contribution >= 4 is 28.8 Å². The van der Waals surface area contributed by atoms with Crippen LogP contribution in [0.25, 0.3) is 11.0 Å². The molecule has 1 saturated heterocycles. The molecule has 1 aliphatic heterocycles. The molecule has 1 aromatic carbocycles. The van der Waals surface area contributed by atoms with Crippen LogP contribution in [0.2, 0.25) is 0 Å². The summed E-state index contributed by atoms with van der Waals surface area (Å²) in [6.45, 7) is 2.22. The predicted octanol–water partition coefficient (Wildman–Crippen LogP) is 2.28. The number of amides is 4. The minimum Gasteiger partial charge on any atom is -0.459 e. The molecular formula is C18H21N3O4. The van der Waals surface area contributed by atoms with Crippen molar-refractivity contribution in [3.63, 3.8) is 0 Å². The van der Waals surface area contributed by atoms with Crippen LogP contribution >= 0.6 is 0 Å². The lowest BCUT2D eigenvalue weighted by Crippen LogP contribution is -2.33. The maximum Gasteiger partial charge on any atom is 0.326 e. The molecule has 1 atom stereocenters. The number of para-hydroxylation sites is 1. The van der Waals surface area contributed by atoms with E-state index < -0.39 is 0 Å². The van der Waals surface area contributed by atoms with E-state index in [-0.39, 0.29) is 43.4 Å². The molecule has 0 aliphatic carbocycles. The highest BCUT2D eigenvalue weighted by Gasteiger charge is 2.32. The van der Waals surface area contributed by atoms with Crippen LogP contribution in [0.5, 0.6) is 0 Å². The van der Waals surface area contributed by atoms with Crippen molar-refractivity contribution in [2.45, 2.75) is 25.8 Å². The average Bonchev–Trinajstić information content (AvgIpc) is 3.11. The number of nitrogens with one attached hydrogen (secondary N) is 1. The third kappa shape index (κ3) is 3.65. The maximum atomic E-state index is 12.1. The third-order valence-corrected chi connectivity index (χ3v) is 4.27. The van der Waals surface area contributed by atoms with Crippen molar-refractivity contribution in [1.29, 1.82) is 0 Å². The van der Waals surface area contributed by atoms with Crippen molar-refractivity contribution in [3.8, 4) is 0 Å². The number of hydrogen-bond donors (Lipinski definition) is 1. The van der Waals surface area contributed by atoms with Crippen LogP contribution in [-0.4, -0.2) is 47.8 Å². The summed E-state index contributed by atoms with van der Waals surface area (Å²) in [7, 11) is 1.59. The molecule has 1 fully saturated rings. The van der Waals surface area contributed by atoms with Gasteiger partial charge in [-0.05, 0) is 25.5 Å². The van der Waals surface area contributed by atoms with Gasteiger partial charge in [-0.2, -0.15) is 0 Å². The molecule has 0 saturated carbocycles. The van der Waals surface area contributed by atoms with Crippen molar-refractivity contribution in [2.75, 3.05) is 20.1 Å². The molecule has 4 amide bonds. The van der Waals surface area contributed by atoms with Gasteiger partial charge in [0.25, 0.3) is 0 Å². The number of urea groups is 1. The summed E-state index contributed by atoms with van der Waals surface area (Å²) >= 11 is 0. The zero-order valence-corrected chi connectivity index (χ0v) is 14.3. The minimum atomic E-state index is -0.305. The molecular weight excluding hydrogens is 322 g/mol. The van der Waals surface area contributed by atoms with Crippen LogP contribution in [0.4, 0.5) is 4.79 Å². The van der Waals surface area contributed by atoms with Crippen molar-refractivity contribution in [3.05, 3.63) is 36.1 Å². The number of carbonyl (C=O) groups excluding carboxylic acids is 3. The summed E-state index contributed by atoms with van der Waals surface area (Å²) < 4.78 is 5.74. The fourth-order valence-electron chi connectivity index (χ4n) is 2.89. The van der Waals surface area contributed by atoms with E-state index in [9.17, 15) is 14.4 Å². The quantitative estimate of drug-likeness (QED) is 0.816. The SMILES string of the molecule is C[C@H](NC(=O)CCCN1C(=O)CN(C)C1=O)c1cc2ccccc2o1. The molecule has 0 radical (unpaired) electrons. The second-order valence-corrected chi connectivity index (χ2v) is 6.26. The number of hydrogen-bond acceptors (Lipinski definition) is 4. The molecule has 0 spiro atoms. The minimum absolute atomic E-state index is 0.105. The van der Waals surface area contributed by atoms with Gasteiger partial charge in [0.05, 0.1) is 6.04 Å². The highest BCUT2D eigenvalue weighted by molar-refractivity contribution is 6.01. The van der Waals surface area contributed by atoms with Gasteiger partial charge in [-0.25, -0.2) is 4.79 Å². The molecule has 7 nitrogen and oxygen atoms in total. The molecule has 1 aliphatic rings. The largest absolute Gasteiger partial charge is 0.459 e. The molecule has 0 bridgehead atoms. The summed E-state index contributed by atoms with van der Waals surface area (Å²) in [6.07, 6.45) is 0.676. The van der Waals surface area contributed by atoms with Gasteiger partial charge in [0, 0.05) is 25.4 Å². The Hall–Kier alpha value is -2.83. The van der Waals surface area contributed by atoms with E-state index in [1.165, 1.54) is 9.80 Å². The predicted molar refractivity (Wildman–Crippen MR) is 91.7 cm³/mol.